The number of hydrogen-bond acceptors (Lipinski definition) is 4. The van der Waals surface area contributed by atoms with Crippen LogP contribution in [0.25, 0.3) is 27.3 Å². The van der Waals surface area contributed by atoms with Gasteiger partial charge in [-0.05, 0) is 26.0 Å². The number of anilines is 1. The van der Waals surface area contributed by atoms with Gasteiger partial charge in [0.25, 0.3) is 0 Å². The summed E-state index contributed by atoms with van der Waals surface area (Å²) in [5.41, 5.74) is 4.56. The summed E-state index contributed by atoms with van der Waals surface area (Å²) in [5.74, 6) is 0.822. The topological polar surface area (TPSA) is 59.3 Å². The van der Waals surface area contributed by atoms with Crippen LogP contribution in [0.4, 0.5) is 5.69 Å². The van der Waals surface area contributed by atoms with E-state index in [4.69, 9.17) is 4.98 Å². The molecule has 0 aliphatic rings. The Bertz CT molecular complexity index is 1370. The fourth-order valence-corrected chi connectivity index (χ4v) is 4.40. The van der Waals surface area contributed by atoms with Crippen LogP contribution in [0.3, 0.4) is 0 Å². The Balaban J connectivity index is 1.73. The molecule has 5 rings (SSSR count). The van der Waals surface area contributed by atoms with Crippen LogP contribution in [0.2, 0.25) is 0 Å². The summed E-state index contributed by atoms with van der Waals surface area (Å²) in [6, 6.07) is 16.1. The second kappa shape index (κ2) is 6.42. The van der Waals surface area contributed by atoms with Gasteiger partial charge in [0.1, 0.15) is 5.82 Å². The lowest BCUT2D eigenvalue weighted by Crippen LogP contribution is -2.14. The van der Waals surface area contributed by atoms with Gasteiger partial charge < -0.3 is 5.32 Å². The number of carbonyl (C=O) groups excluding carboxylic acids is 1. The molecule has 0 bridgehead atoms. The maximum Gasteiger partial charge on any atom is 0.230 e. The predicted molar refractivity (Wildman–Crippen MR) is 114 cm³/mol. The third-order valence-electron chi connectivity index (χ3n) is 4.91. The molecule has 0 fully saturated rings. The van der Waals surface area contributed by atoms with E-state index in [2.05, 4.69) is 26.8 Å². The molecule has 0 spiro atoms. The molecule has 0 saturated heterocycles. The lowest BCUT2D eigenvalue weighted by molar-refractivity contribution is -0.115. The molecule has 0 saturated carbocycles. The van der Waals surface area contributed by atoms with Gasteiger partial charge in [0, 0.05) is 16.2 Å². The van der Waals surface area contributed by atoms with Gasteiger partial charge in [0.05, 0.1) is 39.4 Å². The quantitative estimate of drug-likeness (QED) is 0.480. The van der Waals surface area contributed by atoms with Gasteiger partial charge in [0.15, 0.2) is 0 Å². The second-order valence-electron chi connectivity index (χ2n) is 6.84. The minimum absolute atomic E-state index is 0.0675. The third kappa shape index (κ3) is 2.65. The van der Waals surface area contributed by atoms with Crippen molar-refractivity contribution in [1.82, 2.24) is 14.4 Å². The summed E-state index contributed by atoms with van der Waals surface area (Å²) >= 11 is 1.56. The highest BCUT2D eigenvalue weighted by Crippen LogP contribution is 2.36. The molecule has 138 valence electrons. The van der Waals surface area contributed by atoms with Crippen LogP contribution in [0.15, 0.2) is 53.9 Å². The van der Waals surface area contributed by atoms with Crippen molar-refractivity contribution in [3.05, 3.63) is 70.4 Å². The molecule has 5 aromatic rings. The number of aryl methyl sites for hydroxylation is 2. The van der Waals surface area contributed by atoms with Crippen molar-refractivity contribution in [3.8, 4) is 0 Å². The summed E-state index contributed by atoms with van der Waals surface area (Å²) in [6.45, 7) is 3.94. The highest BCUT2D eigenvalue weighted by atomic mass is 32.1. The van der Waals surface area contributed by atoms with Crippen LogP contribution in [0.1, 0.15) is 16.5 Å². The highest BCUT2D eigenvalue weighted by molar-refractivity contribution is 7.09. The normalized spacial score (nSPS) is 11.5. The van der Waals surface area contributed by atoms with Gasteiger partial charge in [-0.2, -0.15) is 0 Å². The van der Waals surface area contributed by atoms with Crippen LogP contribution >= 0.6 is 11.3 Å². The van der Waals surface area contributed by atoms with Crippen LogP contribution in [0, 0.1) is 13.8 Å². The molecule has 0 atom stereocenters. The lowest BCUT2D eigenvalue weighted by atomic mass is 10.1. The first-order valence-electron chi connectivity index (χ1n) is 9.11. The molecule has 3 heterocycles. The number of thiazole rings is 1. The number of benzene rings is 2. The SMILES string of the molecule is Cc1nc(CC(=O)Nc2c3ccccc3n3c(C)nc4ccccc4c23)cs1. The average Bonchev–Trinajstić information content (AvgIpc) is 3.24. The molecular weight excluding hydrogens is 368 g/mol. The van der Waals surface area contributed by atoms with Gasteiger partial charge in [-0.15, -0.1) is 11.3 Å². The Morgan fingerprint density at radius 2 is 1.79 bits per heavy atom. The first-order chi connectivity index (χ1) is 13.6. The Labute approximate surface area is 165 Å². The van der Waals surface area contributed by atoms with Gasteiger partial charge in [-0.3, -0.25) is 9.20 Å². The monoisotopic (exact) mass is 386 g/mol. The Morgan fingerprint density at radius 3 is 2.57 bits per heavy atom. The number of carbonyl (C=O) groups is 1. The first kappa shape index (κ1) is 16.9. The van der Waals surface area contributed by atoms with E-state index >= 15 is 0 Å². The zero-order valence-electron chi connectivity index (χ0n) is 15.6. The molecule has 0 aliphatic carbocycles. The van der Waals surface area contributed by atoms with E-state index in [0.29, 0.717) is 0 Å². The van der Waals surface area contributed by atoms with Crippen molar-refractivity contribution in [2.45, 2.75) is 20.3 Å². The molecule has 28 heavy (non-hydrogen) atoms. The second-order valence-corrected chi connectivity index (χ2v) is 7.90. The van der Waals surface area contributed by atoms with Crippen LogP contribution < -0.4 is 5.32 Å². The van der Waals surface area contributed by atoms with Crippen LogP contribution in [-0.4, -0.2) is 20.3 Å². The maximum absolute atomic E-state index is 12.8. The van der Waals surface area contributed by atoms with Crippen molar-refractivity contribution in [2.75, 3.05) is 5.32 Å². The van der Waals surface area contributed by atoms with Crippen molar-refractivity contribution in [1.29, 1.82) is 0 Å². The average molecular weight is 386 g/mol. The highest BCUT2D eigenvalue weighted by Gasteiger charge is 2.19. The summed E-state index contributed by atoms with van der Waals surface area (Å²) in [7, 11) is 0. The van der Waals surface area contributed by atoms with E-state index in [1.54, 1.807) is 11.3 Å². The molecule has 0 aliphatic heterocycles. The number of rotatable bonds is 3. The zero-order valence-corrected chi connectivity index (χ0v) is 16.4. The molecule has 5 nitrogen and oxygen atoms in total. The summed E-state index contributed by atoms with van der Waals surface area (Å²) in [5, 5.41) is 8.09. The predicted octanol–water partition coefficient (Wildman–Crippen LogP) is 4.90. The van der Waals surface area contributed by atoms with Gasteiger partial charge in [-0.25, -0.2) is 9.97 Å². The third-order valence-corrected chi connectivity index (χ3v) is 5.73. The van der Waals surface area contributed by atoms with Crippen molar-refractivity contribution in [3.63, 3.8) is 0 Å². The van der Waals surface area contributed by atoms with E-state index in [1.807, 2.05) is 55.6 Å². The van der Waals surface area contributed by atoms with Gasteiger partial charge in [0.2, 0.25) is 5.91 Å². The van der Waals surface area contributed by atoms with E-state index in [9.17, 15) is 4.79 Å². The molecule has 6 heteroatoms. The summed E-state index contributed by atoms with van der Waals surface area (Å²) in [4.78, 5) is 22.0. The van der Waals surface area contributed by atoms with E-state index in [-0.39, 0.29) is 12.3 Å². The number of fused-ring (bicyclic) bond motifs is 5. The van der Waals surface area contributed by atoms with E-state index in [0.717, 1.165) is 49.5 Å². The van der Waals surface area contributed by atoms with Gasteiger partial charge in [-0.1, -0.05) is 36.4 Å². The Kier molecular flexibility index (Phi) is 3.87. The van der Waals surface area contributed by atoms with Crippen molar-refractivity contribution >= 4 is 50.3 Å². The number of hydrogen-bond donors (Lipinski definition) is 1. The first-order valence-corrected chi connectivity index (χ1v) is 9.99. The summed E-state index contributed by atoms with van der Waals surface area (Å²) < 4.78 is 2.13. The molecule has 2 aromatic carbocycles. The zero-order chi connectivity index (χ0) is 19.3. The minimum atomic E-state index is -0.0675. The number of aromatic nitrogens is 3. The van der Waals surface area contributed by atoms with Crippen LogP contribution in [0.5, 0.6) is 0 Å². The lowest BCUT2D eigenvalue weighted by Gasteiger charge is -2.08. The molecular formula is C22H18N4OS. The standard InChI is InChI=1S/C22H18N4OS/c1-13-23-18-9-5-3-7-16(18)22-21(17-8-4-6-10-19(17)26(13)22)25-20(27)11-15-12-28-14(2)24-15/h3-10,12H,11H2,1-2H3,(H,25,27). The van der Waals surface area contributed by atoms with Gasteiger partial charge >= 0.3 is 0 Å². The Morgan fingerprint density at radius 1 is 1.04 bits per heavy atom. The Hall–Kier alpha value is -3.25. The number of para-hydroxylation sites is 2. The largest absolute Gasteiger partial charge is 0.323 e. The van der Waals surface area contributed by atoms with E-state index < -0.39 is 0 Å². The molecule has 3 aromatic heterocycles. The number of nitrogens with one attached hydrogen (secondary N) is 1. The van der Waals surface area contributed by atoms with E-state index in [1.165, 1.54) is 0 Å². The molecule has 1 N–H and O–H groups in total. The maximum atomic E-state index is 12.8. The molecule has 0 unspecified atom stereocenters. The number of nitrogens with zero attached hydrogens (tertiary/aromatic N) is 3. The van der Waals surface area contributed by atoms with Crippen LogP contribution in [-0.2, 0) is 11.2 Å². The fourth-order valence-electron chi connectivity index (χ4n) is 3.79. The molecule has 1 amide bonds. The van der Waals surface area contributed by atoms with Crippen molar-refractivity contribution in [2.24, 2.45) is 0 Å². The number of amides is 1. The molecule has 0 radical (unpaired) electrons. The fraction of sp³-hybridized carbons (Fsp3) is 0.136. The minimum Gasteiger partial charge on any atom is -0.323 e. The van der Waals surface area contributed by atoms with Crippen molar-refractivity contribution < 1.29 is 4.79 Å². The summed E-state index contributed by atoms with van der Waals surface area (Å²) in [6.07, 6.45) is 0.262. The smallest absolute Gasteiger partial charge is 0.230 e.